The molecule has 0 radical (unpaired) electrons. The highest BCUT2D eigenvalue weighted by atomic mass is 35.5. The minimum absolute atomic E-state index is 0.325. The van der Waals surface area contributed by atoms with Crippen LogP contribution in [0.5, 0.6) is 5.75 Å². The first-order valence-corrected chi connectivity index (χ1v) is 8.11. The van der Waals surface area contributed by atoms with Crippen LogP contribution < -0.4 is 4.74 Å². The Bertz CT molecular complexity index is 858. The first kappa shape index (κ1) is 17.2. The third kappa shape index (κ3) is 3.28. The largest absolute Gasteiger partial charge is 0.497 e. The van der Waals surface area contributed by atoms with Crippen LogP contribution in [0, 0.1) is 5.82 Å². The summed E-state index contributed by atoms with van der Waals surface area (Å²) in [4.78, 5) is 9.91. The minimum atomic E-state index is -1.01. The number of carbonyl (C=O) groups excluding carboxylic acids is 1. The maximum absolute atomic E-state index is 13.4. The van der Waals surface area contributed by atoms with Gasteiger partial charge in [-0.2, -0.15) is 0 Å². The van der Waals surface area contributed by atoms with E-state index in [1.165, 1.54) is 12.1 Å². The number of alkyl halides is 1. The fourth-order valence-electron chi connectivity index (χ4n) is 2.79. The van der Waals surface area contributed by atoms with Gasteiger partial charge in [0.1, 0.15) is 22.7 Å². The third-order valence-electron chi connectivity index (χ3n) is 4.17. The van der Waals surface area contributed by atoms with E-state index in [0.29, 0.717) is 5.56 Å². The molecule has 3 aromatic rings. The molecular weight excluding hydrogens is 339 g/mol. The highest BCUT2D eigenvalue weighted by molar-refractivity contribution is 6.28. The van der Waals surface area contributed by atoms with Crippen LogP contribution >= 0.6 is 11.6 Å². The molecule has 126 valence electrons. The quantitative estimate of drug-likeness (QED) is 0.358. The minimum Gasteiger partial charge on any atom is -0.497 e. The summed E-state index contributed by atoms with van der Waals surface area (Å²) in [5, 5.41) is 0. The Hall–Kier alpha value is -2.65. The second kappa shape index (κ2) is 7.08. The fourth-order valence-corrected chi connectivity index (χ4v) is 3.17. The molecule has 0 spiro atoms. The Balaban J connectivity index is 2.18. The summed E-state index contributed by atoms with van der Waals surface area (Å²) in [5.74, 6) is 0.395. The van der Waals surface area contributed by atoms with E-state index in [4.69, 9.17) is 16.3 Å². The molecule has 25 heavy (non-hydrogen) atoms. The average Bonchev–Trinajstić information content (AvgIpc) is 2.68. The second-order valence-corrected chi connectivity index (χ2v) is 6.20. The van der Waals surface area contributed by atoms with E-state index in [9.17, 15) is 9.18 Å². The van der Waals surface area contributed by atoms with Gasteiger partial charge in [-0.1, -0.05) is 48.5 Å². The van der Waals surface area contributed by atoms with Crippen molar-refractivity contribution >= 4 is 17.9 Å². The monoisotopic (exact) mass is 354 g/mol. The van der Waals surface area contributed by atoms with Crippen LogP contribution in [0.3, 0.4) is 0 Å². The number of aldehydes is 1. The lowest BCUT2D eigenvalue weighted by molar-refractivity contribution is 0.112. The molecule has 0 aliphatic rings. The summed E-state index contributed by atoms with van der Waals surface area (Å²) in [6, 6.07) is 20.6. The molecule has 0 saturated heterocycles. The Morgan fingerprint density at radius 2 is 1.28 bits per heavy atom. The number of rotatable bonds is 5. The number of hydrogen-bond donors (Lipinski definition) is 0. The zero-order chi connectivity index (χ0) is 17.9. The lowest BCUT2D eigenvalue weighted by Crippen LogP contribution is -2.22. The second-order valence-electron chi connectivity index (χ2n) is 5.63. The number of carbonyl (C=O) groups is 1. The van der Waals surface area contributed by atoms with Crippen LogP contribution in [-0.4, -0.2) is 13.4 Å². The van der Waals surface area contributed by atoms with E-state index in [-0.39, 0.29) is 5.82 Å². The molecule has 1 atom stereocenters. The fraction of sp³-hybridized carbons (Fsp3) is 0.0952. The summed E-state index contributed by atoms with van der Waals surface area (Å²) in [5.41, 5.74) is 2.91. The maximum atomic E-state index is 13.4. The van der Waals surface area contributed by atoms with Gasteiger partial charge in [-0.25, -0.2) is 4.39 Å². The lowest BCUT2D eigenvalue weighted by Gasteiger charge is -2.29. The molecule has 0 saturated carbocycles. The highest BCUT2D eigenvalue weighted by Crippen LogP contribution is 2.43. The van der Waals surface area contributed by atoms with Crippen LogP contribution in [0.1, 0.15) is 27.0 Å². The van der Waals surface area contributed by atoms with Gasteiger partial charge in [-0.15, -0.1) is 11.6 Å². The van der Waals surface area contributed by atoms with Gasteiger partial charge in [0.05, 0.1) is 7.11 Å². The molecule has 0 amide bonds. The number of methoxy groups -OCH3 is 1. The average molecular weight is 355 g/mol. The molecule has 4 heteroatoms. The number of ether oxygens (including phenoxy) is 1. The normalized spacial score (nSPS) is 13.1. The molecule has 0 heterocycles. The molecule has 0 aromatic heterocycles. The van der Waals surface area contributed by atoms with E-state index in [2.05, 4.69) is 0 Å². The maximum Gasteiger partial charge on any atom is 0.150 e. The number of halogens is 2. The molecular formula is C21H16ClFO2. The predicted octanol–water partition coefficient (Wildman–Crippen LogP) is 5.18. The van der Waals surface area contributed by atoms with E-state index in [1.807, 2.05) is 36.4 Å². The van der Waals surface area contributed by atoms with Crippen molar-refractivity contribution in [3.8, 4) is 5.75 Å². The van der Waals surface area contributed by atoms with Crippen molar-refractivity contribution in [2.24, 2.45) is 0 Å². The summed E-state index contributed by atoms with van der Waals surface area (Å²) in [6.45, 7) is 0. The van der Waals surface area contributed by atoms with Gasteiger partial charge in [0.15, 0.2) is 0 Å². The van der Waals surface area contributed by atoms with Crippen molar-refractivity contribution in [2.75, 3.05) is 7.11 Å². The van der Waals surface area contributed by atoms with Crippen molar-refractivity contribution < 1.29 is 13.9 Å². The summed E-state index contributed by atoms with van der Waals surface area (Å²) < 4.78 is 18.6. The Labute approximate surface area is 150 Å². The Kier molecular flexibility index (Phi) is 4.86. The van der Waals surface area contributed by atoms with Gasteiger partial charge in [-0.3, -0.25) is 4.79 Å². The number of hydrogen-bond acceptors (Lipinski definition) is 2. The summed E-state index contributed by atoms with van der Waals surface area (Å²) in [7, 11) is 1.60. The van der Waals surface area contributed by atoms with Gasteiger partial charge >= 0.3 is 0 Å². The number of benzene rings is 3. The van der Waals surface area contributed by atoms with Gasteiger partial charge in [0.2, 0.25) is 0 Å². The molecule has 3 aromatic carbocycles. The standard InChI is InChI=1S/C21H16ClFO2/c1-25-20-12-8-18(9-13-20)21(22,17-6-10-19(23)11-7-17)16-4-2-15(14-24)3-5-16/h2-14H,1H3/t21-/m0/s1. The van der Waals surface area contributed by atoms with Crippen molar-refractivity contribution in [2.45, 2.75) is 4.87 Å². The Morgan fingerprint density at radius 3 is 1.72 bits per heavy atom. The Morgan fingerprint density at radius 1 is 0.840 bits per heavy atom. The molecule has 0 N–H and O–H groups in total. The van der Waals surface area contributed by atoms with Crippen LogP contribution in [0.4, 0.5) is 4.39 Å². The van der Waals surface area contributed by atoms with Crippen LogP contribution in [-0.2, 0) is 4.87 Å². The van der Waals surface area contributed by atoms with Crippen molar-refractivity contribution in [1.82, 2.24) is 0 Å². The van der Waals surface area contributed by atoms with Crippen LogP contribution in [0.2, 0.25) is 0 Å². The smallest absolute Gasteiger partial charge is 0.150 e. The van der Waals surface area contributed by atoms with Crippen molar-refractivity contribution in [1.29, 1.82) is 0 Å². The first-order chi connectivity index (χ1) is 12.1. The lowest BCUT2D eigenvalue weighted by atomic mass is 9.84. The predicted molar refractivity (Wildman–Crippen MR) is 97.0 cm³/mol. The van der Waals surface area contributed by atoms with Gasteiger partial charge in [0.25, 0.3) is 0 Å². The summed E-state index contributed by atoms with van der Waals surface area (Å²) >= 11 is 7.11. The third-order valence-corrected chi connectivity index (χ3v) is 4.83. The van der Waals surface area contributed by atoms with Gasteiger partial charge in [-0.05, 0) is 41.0 Å². The van der Waals surface area contributed by atoms with Gasteiger partial charge < -0.3 is 4.74 Å². The zero-order valence-corrected chi connectivity index (χ0v) is 14.3. The van der Waals surface area contributed by atoms with E-state index < -0.39 is 4.87 Å². The van der Waals surface area contributed by atoms with Crippen LogP contribution in [0.15, 0.2) is 72.8 Å². The van der Waals surface area contributed by atoms with Crippen molar-refractivity contribution in [3.05, 3.63) is 101 Å². The summed E-state index contributed by atoms with van der Waals surface area (Å²) in [6.07, 6.45) is 0.783. The molecule has 2 nitrogen and oxygen atoms in total. The van der Waals surface area contributed by atoms with E-state index in [1.54, 1.807) is 31.4 Å². The van der Waals surface area contributed by atoms with Crippen molar-refractivity contribution in [3.63, 3.8) is 0 Å². The van der Waals surface area contributed by atoms with Gasteiger partial charge in [0, 0.05) is 5.56 Å². The highest BCUT2D eigenvalue weighted by Gasteiger charge is 2.34. The molecule has 3 rings (SSSR count). The van der Waals surface area contributed by atoms with Crippen LogP contribution in [0.25, 0.3) is 0 Å². The molecule has 0 bridgehead atoms. The molecule has 0 fully saturated rings. The zero-order valence-electron chi connectivity index (χ0n) is 13.6. The van der Waals surface area contributed by atoms with E-state index >= 15 is 0 Å². The first-order valence-electron chi connectivity index (χ1n) is 7.73. The SMILES string of the molecule is COc1ccc([C@@](Cl)(c2ccc(F)cc2)c2ccc(C=O)cc2)cc1. The molecule has 0 aliphatic heterocycles. The topological polar surface area (TPSA) is 26.3 Å². The van der Waals surface area contributed by atoms with E-state index in [0.717, 1.165) is 28.7 Å². The molecule has 0 aliphatic carbocycles. The molecule has 0 unspecified atom stereocenters.